The molecule has 1 aliphatic heterocycles. The van der Waals surface area contributed by atoms with Crippen LogP contribution >= 0.6 is 11.6 Å². The van der Waals surface area contributed by atoms with Crippen LogP contribution < -0.4 is 4.74 Å². The summed E-state index contributed by atoms with van der Waals surface area (Å²) in [5.74, 6) is -1.82. The van der Waals surface area contributed by atoms with Crippen LogP contribution in [0.3, 0.4) is 0 Å². The van der Waals surface area contributed by atoms with Crippen LogP contribution in [0.5, 0.6) is 5.75 Å². The Hall–Kier alpha value is -4.85. The van der Waals surface area contributed by atoms with Gasteiger partial charge in [-0.25, -0.2) is 10.0 Å². The van der Waals surface area contributed by atoms with Crippen molar-refractivity contribution in [3.8, 4) is 5.75 Å². The summed E-state index contributed by atoms with van der Waals surface area (Å²) in [5.41, 5.74) is 2.05. The molecular weight excluding hydrogens is 588 g/mol. The number of hydrogen-bond donors (Lipinski definition) is 1. The second-order valence-corrected chi connectivity index (χ2v) is 9.86. The minimum Gasteiger partial charge on any atom is -0.497 e. The SMILES string of the molecule is COc1ccc2c(c1)c(CC(=O)OCOC(=O)[C@@H]1CCCN1/[N+](O)=N/OCOC(C)=O)c(C)n2C(=O)c1ccc(Cl)cc1. The summed E-state index contributed by atoms with van der Waals surface area (Å²) in [6, 6.07) is 10.7. The van der Waals surface area contributed by atoms with Gasteiger partial charge in [0.2, 0.25) is 6.79 Å². The number of rotatable bonds is 11. The number of fused-ring (bicyclic) bond motifs is 1. The van der Waals surface area contributed by atoms with Gasteiger partial charge in [0.25, 0.3) is 22.9 Å². The lowest BCUT2D eigenvalue weighted by atomic mass is 10.1. The summed E-state index contributed by atoms with van der Waals surface area (Å²) in [4.78, 5) is 54.7. The highest BCUT2D eigenvalue weighted by molar-refractivity contribution is 6.30. The number of halogens is 1. The summed E-state index contributed by atoms with van der Waals surface area (Å²) >= 11 is 5.98. The van der Waals surface area contributed by atoms with Crippen molar-refractivity contribution in [1.82, 2.24) is 9.58 Å². The van der Waals surface area contributed by atoms with Gasteiger partial charge in [-0.1, -0.05) is 16.6 Å². The molecule has 0 unspecified atom stereocenters. The Balaban J connectivity index is 1.42. The van der Waals surface area contributed by atoms with Gasteiger partial charge in [-0.2, -0.15) is 0 Å². The van der Waals surface area contributed by atoms with Gasteiger partial charge in [-0.3, -0.25) is 23.8 Å². The molecule has 4 rings (SSSR count). The number of hydrogen-bond acceptors (Lipinski definition) is 10. The standard InChI is InChI=1S/C28H30ClN4O10/c1-17-22(23-13-21(39-3)10-11-24(23)32(17)27(36)19-6-8-20(29)9-7-19)14-26(35)41-15-42-28(37)25-5-4-12-31(25)33(38)30-43-16-40-18(2)34/h6-11,13,25H,4-5,12,14-16H2,1-3H3,(H,30,38)/q+1/t25-/m0/s1. The zero-order valence-corrected chi connectivity index (χ0v) is 24.4. The molecule has 1 aliphatic rings. The zero-order chi connectivity index (χ0) is 31.1. The van der Waals surface area contributed by atoms with Crippen molar-refractivity contribution in [1.29, 1.82) is 0 Å². The molecular formula is C28H30ClN4O10+. The maximum atomic E-state index is 13.4. The number of benzene rings is 2. The summed E-state index contributed by atoms with van der Waals surface area (Å²) in [5, 5.41) is 15.7. The predicted octanol–water partition coefficient (Wildman–Crippen LogP) is 3.57. The number of hydrazine groups is 1. The van der Waals surface area contributed by atoms with Crippen LogP contribution in [0.15, 0.2) is 47.7 Å². The first kappa shape index (κ1) is 31.1. The van der Waals surface area contributed by atoms with Gasteiger partial charge in [0, 0.05) is 28.6 Å². The van der Waals surface area contributed by atoms with Crippen LogP contribution in [0, 0.1) is 6.92 Å². The van der Waals surface area contributed by atoms with Gasteiger partial charge in [0.1, 0.15) is 5.75 Å². The fourth-order valence-corrected chi connectivity index (χ4v) is 4.80. The van der Waals surface area contributed by atoms with Gasteiger partial charge in [0.05, 0.1) is 25.6 Å². The van der Waals surface area contributed by atoms with Crippen LogP contribution in [0.1, 0.15) is 41.4 Å². The molecule has 0 aliphatic carbocycles. The summed E-state index contributed by atoms with van der Waals surface area (Å²) in [6.45, 7) is 1.97. The largest absolute Gasteiger partial charge is 0.497 e. The molecule has 2 heterocycles. The second kappa shape index (κ2) is 13.9. The summed E-state index contributed by atoms with van der Waals surface area (Å²) < 4.78 is 21.7. The van der Waals surface area contributed by atoms with E-state index >= 15 is 0 Å². The third-order valence-electron chi connectivity index (χ3n) is 6.75. The quantitative estimate of drug-likeness (QED) is 0.0837. The molecule has 43 heavy (non-hydrogen) atoms. The highest BCUT2D eigenvalue weighted by Gasteiger charge is 2.41. The van der Waals surface area contributed by atoms with E-state index in [1.165, 1.54) is 23.6 Å². The van der Waals surface area contributed by atoms with E-state index in [0.717, 1.165) is 0 Å². The number of carbonyl (C=O) groups is 4. The fraction of sp³-hybridized carbons (Fsp3) is 0.357. The topological polar surface area (TPSA) is 158 Å². The monoisotopic (exact) mass is 617 g/mol. The normalized spacial score (nSPS) is 14.8. The van der Waals surface area contributed by atoms with Crippen LogP contribution in [-0.4, -0.2) is 76.9 Å². The van der Waals surface area contributed by atoms with E-state index in [2.05, 4.69) is 14.9 Å². The van der Waals surface area contributed by atoms with E-state index in [1.54, 1.807) is 49.4 Å². The third-order valence-corrected chi connectivity index (χ3v) is 7.00. The molecule has 1 N–H and O–H groups in total. The molecule has 1 saturated heterocycles. The molecule has 1 fully saturated rings. The number of ether oxygens (including phenoxy) is 4. The molecule has 0 bridgehead atoms. The number of esters is 3. The highest BCUT2D eigenvalue weighted by Crippen LogP contribution is 2.31. The minimum atomic E-state index is -0.920. The van der Waals surface area contributed by atoms with Gasteiger partial charge in [-0.05, 0) is 67.8 Å². The molecule has 0 radical (unpaired) electrons. The maximum absolute atomic E-state index is 13.4. The molecule has 15 heteroatoms. The van der Waals surface area contributed by atoms with E-state index in [1.807, 2.05) is 0 Å². The number of carbonyl (C=O) groups excluding carboxylic acids is 4. The van der Waals surface area contributed by atoms with Crippen LogP contribution in [0.4, 0.5) is 0 Å². The van der Waals surface area contributed by atoms with Crippen LogP contribution in [-0.2, 0) is 39.9 Å². The maximum Gasteiger partial charge on any atom is 0.337 e. The van der Waals surface area contributed by atoms with E-state index in [-0.39, 0.29) is 18.9 Å². The second-order valence-electron chi connectivity index (χ2n) is 9.42. The molecule has 0 spiro atoms. The summed E-state index contributed by atoms with van der Waals surface area (Å²) in [7, 11) is 1.51. The molecule has 0 amide bonds. The highest BCUT2D eigenvalue weighted by atomic mass is 35.5. The van der Waals surface area contributed by atoms with Crippen molar-refractivity contribution in [3.63, 3.8) is 0 Å². The lowest BCUT2D eigenvalue weighted by molar-refractivity contribution is -0.942. The Morgan fingerprint density at radius 2 is 1.81 bits per heavy atom. The molecule has 14 nitrogen and oxygen atoms in total. The average Bonchev–Trinajstić information content (AvgIpc) is 3.58. The Morgan fingerprint density at radius 1 is 1.07 bits per heavy atom. The molecule has 228 valence electrons. The lowest BCUT2D eigenvalue weighted by Gasteiger charge is -2.14. The zero-order valence-electron chi connectivity index (χ0n) is 23.6. The van der Waals surface area contributed by atoms with Crippen molar-refractivity contribution >= 4 is 46.3 Å². The van der Waals surface area contributed by atoms with Crippen molar-refractivity contribution in [3.05, 3.63) is 64.3 Å². The first-order chi connectivity index (χ1) is 20.6. The van der Waals surface area contributed by atoms with Gasteiger partial charge >= 0.3 is 17.9 Å². The van der Waals surface area contributed by atoms with Crippen LogP contribution in [0.25, 0.3) is 10.9 Å². The Kier molecular flexibility index (Phi) is 10.0. The van der Waals surface area contributed by atoms with Crippen molar-refractivity contribution < 1.29 is 53.1 Å². The number of aromatic nitrogens is 1. The van der Waals surface area contributed by atoms with E-state index in [9.17, 15) is 24.4 Å². The smallest absolute Gasteiger partial charge is 0.337 e. The predicted molar refractivity (Wildman–Crippen MR) is 147 cm³/mol. The molecule has 1 aromatic heterocycles. The first-order valence-electron chi connectivity index (χ1n) is 13.1. The fourth-order valence-electron chi connectivity index (χ4n) is 4.68. The van der Waals surface area contributed by atoms with Gasteiger partial charge < -0.3 is 18.9 Å². The molecule has 0 saturated carbocycles. The Labute approximate surface area is 250 Å². The number of nitrogens with zero attached hydrogens (tertiary/aromatic N) is 4. The molecule has 3 aromatic rings. The van der Waals surface area contributed by atoms with Gasteiger partial charge in [-0.15, -0.1) is 0 Å². The van der Waals surface area contributed by atoms with Crippen molar-refractivity contribution in [2.45, 2.75) is 39.2 Å². The summed E-state index contributed by atoms with van der Waals surface area (Å²) in [6.07, 6.45) is 0.662. The van der Waals surface area contributed by atoms with Crippen molar-refractivity contribution in [2.75, 3.05) is 27.2 Å². The van der Waals surface area contributed by atoms with E-state index in [0.29, 0.717) is 56.3 Å². The molecule has 1 atom stereocenters. The molecule has 2 aromatic carbocycles. The number of methoxy groups -OCH3 is 1. The Morgan fingerprint density at radius 3 is 2.51 bits per heavy atom. The lowest BCUT2D eigenvalue weighted by Crippen LogP contribution is -2.42. The van der Waals surface area contributed by atoms with Gasteiger partial charge in [0.15, 0.2) is 6.04 Å². The van der Waals surface area contributed by atoms with Crippen molar-refractivity contribution in [2.24, 2.45) is 5.28 Å². The third kappa shape index (κ3) is 7.33. The minimum absolute atomic E-state index is 0.216. The average molecular weight is 618 g/mol. The van der Waals surface area contributed by atoms with E-state index < -0.39 is 37.5 Å². The first-order valence-corrected chi connectivity index (χ1v) is 13.5. The van der Waals surface area contributed by atoms with E-state index in [4.69, 9.17) is 25.8 Å². The Bertz CT molecular complexity index is 1550. The van der Waals surface area contributed by atoms with Crippen LogP contribution in [0.2, 0.25) is 5.02 Å².